The molecule has 0 unspecified atom stereocenters. The summed E-state index contributed by atoms with van der Waals surface area (Å²) in [7, 11) is 5.58. The minimum Gasteiger partial charge on any atom is -0.344 e. The lowest BCUT2D eigenvalue weighted by molar-refractivity contribution is -0.121. The van der Waals surface area contributed by atoms with Crippen LogP contribution in [0.4, 0.5) is 11.6 Å². The van der Waals surface area contributed by atoms with E-state index in [9.17, 15) is 4.79 Å². The Bertz CT molecular complexity index is 733. The van der Waals surface area contributed by atoms with Crippen LogP contribution in [-0.2, 0) is 11.3 Å². The summed E-state index contributed by atoms with van der Waals surface area (Å²) in [6, 6.07) is 7.17. The van der Waals surface area contributed by atoms with Gasteiger partial charge in [0.05, 0.1) is 23.3 Å². The maximum atomic E-state index is 12.8. The van der Waals surface area contributed by atoms with E-state index < -0.39 is 0 Å². The quantitative estimate of drug-likeness (QED) is 0.823. The topological polar surface area (TPSA) is 65.7 Å². The van der Waals surface area contributed by atoms with E-state index in [0.717, 1.165) is 12.1 Å². The molecular formula is C16H20ClN5O2. The molecule has 1 aliphatic rings. The molecule has 2 aromatic rings. The Morgan fingerprint density at radius 2 is 2.08 bits per heavy atom. The van der Waals surface area contributed by atoms with Crippen LogP contribution in [0.25, 0.3) is 0 Å². The van der Waals surface area contributed by atoms with Crippen LogP contribution < -0.4 is 9.80 Å². The highest BCUT2D eigenvalue weighted by atomic mass is 35.5. The summed E-state index contributed by atoms with van der Waals surface area (Å²) in [4.78, 5) is 22.5. The van der Waals surface area contributed by atoms with Crippen molar-refractivity contribution in [2.24, 2.45) is 0 Å². The van der Waals surface area contributed by atoms with E-state index in [4.69, 9.17) is 16.1 Å². The monoisotopic (exact) mass is 349 g/mol. The molecule has 0 bridgehead atoms. The van der Waals surface area contributed by atoms with Crippen molar-refractivity contribution in [3.8, 4) is 0 Å². The molecule has 1 aromatic heterocycles. The molecule has 1 aliphatic heterocycles. The van der Waals surface area contributed by atoms with E-state index >= 15 is 0 Å². The molecule has 0 saturated carbocycles. The number of amides is 1. The van der Waals surface area contributed by atoms with Crippen LogP contribution in [-0.4, -0.2) is 54.7 Å². The third-order valence-corrected chi connectivity index (χ3v) is 4.41. The fourth-order valence-corrected chi connectivity index (χ4v) is 3.04. The number of hydrogen-bond acceptors (Lipinski definition) is 6. The third kappa shape index (κ3) is 3.22. The van der Waals surface area contributed by atoms with E-state index in [1.165, 1.54) is 0 Å². The van der Waals surface area contributed by atoms with Gasteiger partial charge in [-0.2, -0.15) is 4.98 Å². The number of aromatic nitrogens is 2. The molecule has 2 heterocycles. The highest BCUT2D eigenvalue weighted by Crippen LogP contribution is 2.30. The predicted octanol–water partition coefficient (Wildman–Crippen LogP) is 2.03. The van der Waals surface area contributed by atoms with Crippen LogP contribution in [0.3, 0.4) is 0 Å². The van der Waals surface area contributed by atoms with Crippen molar-refractivity contribution in [1.29, 1.82) is 0 Å². The van der Waals surface area contributed by atoms with E-state index in [1.54, 1.807) is 15.9 Å². The number of anilines is 2. The molecule has 1 fully saturated rings. The molecule has 0 N–H and O–H groups in total. The zero-order chi connectivity index (χ0) is 17.3. The zero-order valence-electron chi connectivity index (χ0n) is 13.9. The van der Waals surface area contributed by atoms with E-state index in [2.05, 4.69) is 10.1 Å². The Kier molecular flexibility index (Phi) is 4.73. The van der Waals surface area contributed by atoms with Gasteiger partial charge >= 0.3 is 0 Å². The molecule has 128 valence electrons. The number of likely N-dealkylation sites (N-methyl/N-ethyl adjacent to an activating group) is 1. The molecule has 24 heavy (non-hydrogen) atoms. The first-order valence-corrected chi connectivity index (χ1v) is 8.11. The van der Waals surface area contributed by atoms with Crippen LogP contribution in [0.5, 0.6) is 0 Å². The SMILES string of the molecule is CN(C)c1noc(CN(C)[C@H]2CCN(c3ccccc3Cl)C2=O)n1. The van der Waals surface area contributed by atoms with Crippen molar-refractivity contribution in [3.05, 3.63) is 35.2 Å². The van der Waals surface area contributed by atoms with Crippen LogP contribution in [0.1, 0.15) is 12.3 Å². The van der Waals surface area contributed by atoms with E-state index in [1.807, 2.05) is 44.2 Å². The summed E-state index contributed by atoms with van der Waals surface area (Å²) in [5, 5.41) is 4.47. The summed E-state index contributed by atoms with van der Waals surface area (Å²) >= 11 is 6.21. The largest absolute Gasteiger partial charge is 0.344 e. The molecule has 8 heteroatoms. The van der Waals surface area contributed by atoms with Gasteiger partial charge < -0.3 is 14.3 Å². The molecule has 7 nitrogen and oxygen atoms in total. The summed E-state index contributed by atoms with van der Waals surface area (Å²) in [6.45, 7) is 1.07. The zero-order valence-corrected chi connectivity index (χ0v) is 14.7. The summed E-state index contributed by atoms with van der Waals surface area (Å²) in [6.07, 6.45) is 0.731. The second kappa shape index (κ2) is 6.78. The van der Waals surface area contributed by atoms with Gasteiger partial charge in [-0.15, -0.1) is 0 Å². The molecule has 0 radical (unpaired) electrons. The first-order chi connectivity index (χ1) is 11.5. The molecule has 1 atom stereocenters. The molecule has 1 aromatic carbocycles. The maximum Gasteiger partial charge on any atom is 0.265 e. The van der Waals surface area contributed by atoms with Crippen molar-refractivity contribution in [1.82, 2.24) is 15.0 Å². The standard InChI is InChI=1S/C16H20ClN5O2/c1-20(2)16-18-14(24-19-16)10-21(3)13-8-9-22(15(13)23)12-7-5-4-6-11(12)17/h4-7,13H,8-10H2,1-3H3/t13-/m0/s1. The minimum absolute atomic E-state index is 0.0398. The molecule has 3 rings (SSSR count). The highest BCUT2D eigenvalue weighted by Gasteiger charge is 2.36. The maximum absolute atomic E-state index is 12.8. The molecule has 0 spiro atoms. The number of nitrogens with zero attached hydrogens (tertiary/aromatic N) is 5. The van der Waals surface area contributed by atoms with Crippen molar-refractivity contribution < 1.29 is 9.32 Å². The lowest BCUT2D eigenvalue weighted by atomic mass is 10.2. The van der Waals surface area contributed by atoms with Crippen molar-refractivity contribution in [3.63, 3.8) is 0 Å². The second-order valence-electron chi connectivity index (χ2n) is 6.04. The Labute approximate surface area is 145 Å². The van der Waals surface area contributed by atoms with Gasteiger partial charge in [-0.1, -0.05) is 23.7 Å². The van der Waals surface area contributed by atoms with Crippen LogP contribution in [0, 0.1) is 0 Å². The second-order valence-corrected chi connectivity index (χ2v) is 6.45. The smallest absolute Gasteiger partial charge is 0.265 e. The normalized spacial score (nSPS) is 17.8. The molecule has 1 saturated heterocycles. The molecule has 1 amide bonds. The Balaban J connectivity index is 1.69. The van der Waals surface area contributed by atoms with Crippen molar-refractivity contribution >= 4 is 29.1 Å². The fraction of sp³-hybridized carbons (Fsp3) is 0.438. The number of rotatable bonds is 5. The van der Waals surface area contributed by atoms with Gasteiger partial charge in [-0.05, 0) is 30.8 Å². The highest BCUT2D eigenvalue weighted by molar-refractivity contribution is 6.33. The van der Waals surface area contributed by atoms with E-state index in [0.29, 0.717) is 30.0 Å². The predicted molar refractivity (Wildman–Crippen MR) is 92.3 cm³/mol. The third-order valence-electron chi connectivity index (χ3n) is 4.09. The average Bonchev–Trinajstić information content (AvgIpc) is 3.15. The minimum atomic E-state index is -0.226. The van der Waals surface area contributed by atoms with Gasteiger partial charge in [0.25, 0.3) is 5.95 Å². The summed E-state index contributed by atoms with van der Waals surface area (Å²) < 4.78 is 5.23. The van der Waals surface area contributed by atoms with Crippen LogP contribution in [0.2, 0.25) is 5.02 Å². The van der Waals surface area contributed by atoms with Gasteiger partial charge in [0.15, 0.2) is 0 Å². The van der Waals surface area contributed by atoms with Gasteiger partial charge in [0.2, 0.25) is 11.8 Å². The number of carbonyl (C=O) groups is 1. The molecule has 0 aliphatic carbocycles. The van der Waals surface area contributed by atoms with Crippen molar-refractivity contribution in [2.45, 2.75) is 19.0 Å². The van der Waals surface area contributed by atoms with Gasteiger partial charge in [0, 0.05) is 20.6 Å². The first-order valence-electron chi connectivity index (χ1n) is 7.73. The van der Waals surface area contributed by atoms with Gasteiger partial charge in [-0.3, -0.25) is 9.69 Å². The summed E-state index contributed by atoms with van der Waals surface area (Å²) in [5.74, 6) is 1.05. The lowest BCUT2D eigenvalue weighted by Gasteiger charge is -2.22. The average molecular weight is 350 g/mol. The lowest BCUT2D eigenvalue weighted by Crippen LogP contribution is -2.39. The Morgan fingerprint density at radius 1 is 1.33 bits per heavy atom. The Morgan fingerprint density at radius 3 is 2.75 bits per heavy atom. The summed E-state index contributed by atoms with van der Waals surface area (Å²) in [5.41, 5.74) is 0.757. The van der Waals surface area contributed by atoms with E-state index in [-0.39, 0.29) is 11.9 Å². The Hall–Kier alpha value is -2.12. The number of halogens is 1. The number of carbonyl (C=O) groups excluding carboxylic acids is 1. The van der Waals surface area contributed by atoms with Crippen LogP contribution in [0.15, 0.2) is 28.8 Å². The number of benzene rings is 1. The number of para-hydroxylation sites is 1. The molecular weight excluding hydrogens is 330 g/mol. The number of hydrogen-bond donors (Lipinski definition) is 0. The first kappa shape index (κ1) is 16.7. The van der Waals surface area contributed by atoms with Crippen molar-refractivity contribution in [2.75, 3.05) is 37.5 Å². The fourth-order valence-electron chi connectivity index (χ4n) is 2.80. The van der Waals surface area contributed by atoms with Crippen LogP contribution >= 0.6 is 11.6 Å². The van der Waals surface area contributed by atoms with Gasteiger partial charge in [-0.25, -0.2) is 0 Å². The van der Waals surface area contributed by atoms with Gasteiger partial charge in [0.1, 0.15) is 0 Å².